The molecule has 1 aliphatic heterocycles. The van der Waals surface area contributed by atoms with Crippen molar-refractivity contribution in [2.75, 3.05) is 59.4 Å². The van der Waals surface area contributed by atoms with E-state index in [0.29, 0.717) is 54.1 Å². The lowest BCUT2D eigenvalue weighted by Crippen LogP contribution is -2.58. The fraction of sp³-hybridized carbons (Fsp3) is 0.558. The number of likely N-dealkylation sites (N-methyl/N-ethyl adjacent to an activating group) is 1. The molecule has 0 spiro atoms. The number of nitrogens with two attached hydrogens (primary N) is 1. The minimum atomic E-state index is -1.77. The number of imidazole rings is 1. The van der Waals surface area contributed by atoms with Crippen molar-refractivity contribution in [3.63, 3.8) is 0 Å². The SMILES string of the molecule is CNC(CCCN=CN)C(=O)NCC(=O)NC(CC(=O)NC(CCCCNC(C)=O)C(=O)NC(Cc1ccc(OC)cc1)C(=O)NC1C(CO)OC(n2cnc3c(N(C)C)ncnc32)C1O)C(=O)O. The number of amides is 6. The van der Waals surface area contributed by atoms with Gasteiger partial charge in [-0.3, -0.25) is 38.3 Å². The Morgan fingerprint density at radius 1 is 0.913 bits per heavy atom. The number of carboxylic acid groups (broad SMARTS) is 1. The number of aliphatic hydroxyl groups is 2. The Balaban J connectivity index is 1.52. The predicted molar refractivity (Wildman–Crippen MR) is 248 cm³/mol. The van der Waals surface area contributed by atoms with Gasteiger partial charge >= 0.3 is 5.97 Å². The van der Waals surface area contributed by atoms with Crippen LogP contribution in [0.1, 0.15) is 57.2 Å². The number of benzene rings is 1. The van der Waals surface area contributed by atoms with Crippen LogP contribution < -0.4 is 52.6 Å². The Bertz CT molecular complexity index is 2240. The van der Waals surface area contributed by atoms with Crippen molar-refractivity contribution in [1.82, 2.24) is 56.7 Å². The monoisotopic (exact) mass is 968 g/mol. The number of aromatic nitrogens is 4. The van der Waals surface area contributed by atoms with Gasteiger partial charge in [0.1, 0.15) is 42.4 Å². The molecule has 4 rings (SSSR count). The first-order valence-corrected chi connectivity index (χ1v) is 22.3. The lowest BCUT2D eigenvalue weighted by molar-refractivity contribution is -0.143. The van der Waals surface area contributed by atoms with Gasteiger partial charge in [0.2, 0.25) is 35.4 Å². The minimum absolute atomic E-state index is 0.0310. The van der Waals surface area contributed by atoms with Crippen molar-refractivity contribution in [2.45, 2.75) is 101 Å². The van der Waals surface area contributed by atoms with Crippen molar-refractivity contribution in [3.8, 4) is 5.75 Å². The third kappa shape index (κ3) is 16.0. The molecule has 0 saturated carbocycles. The second kappa shape index (κ2) is 27.1. The minimum Gasteiger partial charge on any atom is -0.497 e. The molecule has 0 radical (unpaired) electrons. The highest BCUT2D eigenvalue weighted by Crippen LogP contribution is 2.33. The second-order valence-electron chi connectivity index (χ2n) is 16.3. The van der Waals surface area contributed by atoms with Gasteiger partial charge in [-0.15, -0.1) is 0 Å². The number of carboxylic acids is 1. The fourth-order valence-electron chi connectivity index (χ4n) is 7.45. The van der Waals surface area contributed by atoms with Gasteiger partial charge in [0, 0.05) is 40.5 Å². The Morgan fingerprint density at radius 3 is 2.26 bits per heavy atom. The Labute approximate surface area is 398 Å². The number of aliphatic hydroxyl groups excluding tert-OH is 2. The maximum atomic E-state index is 14.3. The van der Waals surface area contributed by atoms with Gasteiger partial charge in [0.15, 0.2) is 23.2 Å². The van der Waals surface area contributed by atoms with Crippen LogP contribution in [0, 0.1) is 0 Å². The van der Waals surface area contributed by atoms with Crippen LogP contribution >= 0.6 is 0 Å². The van der Waals surface area contributed by atoms with E-state index < -0.39 is 104 Å². The number of ether oxygens (including phenoxy) is 2. The van der Waals surface area contributed by atoms with Crippen molar-refractivity contribution in [1.29, 1.82) is 0 Å². The van der Waals surface area contributed by atoms with E-state index in [4.69, 9.17) is 15.2 Å². The molecule has 1 aromatic carbocycles. The summed E-state index contributed by atoms with van der Waals surface area (Å²) in [6.07, 6.45) is 0.679. The fourth-order valence-corrected chi connectivity index (χ4v) is 7.45. The van der Waals surface area contributed by atoms with E-state index in [-0.39, 0.29) is 31.7 Å². The lowest BCUT2D eigenvalue weighted by atomic mass is 10.0. The molecule has 1 aliphatic rings. The van der Waals surface area contributed by atoms with Crippen LogP contribution in [-0.2, 0) is 44.7 Å². The van der Waals surface area contributed by atoms with Gasteiger partial charge < -0.3 is 72.6 Å². The zero-order chi connectivity index (χ0) is 50.6. The third-order valence-electron chi connectivity index (χ3n) is 11.1. The molecule has 0 aliphatic carbocycles. The number of anilines is 1. The Kier molecular flexibility index (Phi) is 21.4. The number of methoxy groups -OCH3 is 1. The molecular formula is C43H64N14O12. The number of carbonyl (C=O) groups excluding carboxylic acids is 6. The molecule has 69 heavy (non-hydrogen) atoms. The van der Waals surface area contributed by atoms with E-state index in [1.54, 1.807) is 50.3 Å². The molecule has 8 unspecified atom stereocenters. The Morgan fingerprint density at radius 2 is 1.62 bits per heavy atom. The van der Waals surface area contributed by atoms with Gasteiger partial charge in [0.25, 0.3) is 0 Å². The van der Waals surface area contributed by atoms with E-state index in [1.165, 1.54) is 31.3 Å². The maximum absolute atomic E-state index is 14.3. The standard InChI is InChI=1S/C43H64N14O12/c1-24(59)47-16-7-6-9-28(52-32(60)18-30(43(66)67)53-33(61)19-48-39(63)27(45-2)10-8-15-46-21-44)40(64)54-29(17-25-11-13-26(68-5)14-12-25)41(65)55-34-31(20-58)69-42(36(34)62)57-23-51-35-37(56(3)4)49-22-50-38(35)57/h11-14,21-23,27-31,34,36,42,45,58,62H,6-10,15-20H2,1-5H3,(H2,44,46)(H,47,59)(H,48,63)(H,52,60)(H,53,61)(H,54,64)(H,55,65)(H,66,67). The number of nitrogens with one attached hydrogen (secondary N) is 7. The van der Waals surface area contributed by atoms with E-state index in [9.17, 15) is 48.9 Å². The highest BCUT2D eigenvalue weighted by atomic mass is 16.5. The van der Waals surface area contributed by atoms with Gasteiger partial charge in [-0.2, -0.15) is 0 Å². The van der Waals surface area contributed by atoms with Crippen LogP contribution in [0.4, 0.5) is 5.82 Å². The van der Waals surface area contributed by atoms with Crippen LogP contribution in [0.3, 0.4) is 0 Å². The molecule has 8 atom stereocenters. The summed E-state index contributed by atoms with van der Waals surface area (Å²) in [5, 5.41) is 50.1. The molecule has 0 bridgehead atoms. The number of rotatable bonds is 28. The summed E-state index contributed by atoms with van der Waals surface area (Å²) in [6.45, 7) is 0.752. The van der Waals surface area contributed by atoms with Crippen molar-refractivity contribution in [2.24, 2.45) is 10.7 Å². The van der Waals surface area contributed by atoms with E-state index in [0.717, 1.165) is 6.34 Å². The number of fused-ring (bicyclic) bond motifs is 1. The summed E-state index contributed by atoms with van der Waals surface area (Å²) in [4.78, 5) is 110. The lowest BCUT2D eigenvalue weighted by Gasteiger charge is -2.27. The number of hydrogen-bond donors (Lipinski definition) is 11. The molecule has 26 nitrogen and oxygen atoms in total. The molecule has 2 aromatic heterocycles. The molecular weight excluding hydrogens is 905 g/mol. The number of nitrogens with zero attached hydrogens (tertiary/aromatic N) is 6. The van der Waals surface area contributed by atoms with Gasteiger partial charge in [0.05, 0.1) is 51.4 Å². The summed E-state index contributed by atoms with van der Waals surface area (Å²) in [6, 6.07) is 0.245. The number of aliphatic imine (C=N–C) groups is 1. The zero-order valence-corrected chi connectivity index (χ0v) is 39.2. The van der Waals surface area contributed by atoms with Crippen molar-refractivity contribution < 1.29 is 58.4 Å². The largest absolute Gasteiger partial charge is 0.497 e. The van der Waals surface area contributed by atoms with E-state index >= 15 is 0 Å². The number of carbonyl (C=O) groups is 7. The maximum Gasteiger partial charge on any atom is 0.326 e. The molecule has 12 N–H and O–H groups in total. The van der Waals surface area contributed by atoms with E-state index in [2.05, 4.69) is 57.2 Å². The number of hydrogen-bond acceptors (Lipinski definition) is 17. The summed E-state index contributed by atoms with van der Waals surface area (Å²) >= 11 is 0. The quantitative estimate of drug-likeness (QED) is 0.0192. The highest BCUT2D eigenvalue weighted by molar-refractivity contribution is 5.95. The van der Waals surface area contributed by atoms with Crippen LogP contribution in [0.25, 0.3) is 11.2 Å². The molecule has 3 heterocycles. The van der Waals surface area contributed by atoms with Crippen LogP contribution in [0.2, 0.25) is 0 Å². The average molecular weight is 969 g/mol. The first-order valence-electron chi connectivity index (χ1n) is 22.3. The zero-order valence-electron chi connectivity index (χ0n) is 39.2. The summed E-state index contributed by atoms with van der Waals surface area (Å²) < 4.78 is 12.8. The topological polar surface area (TPSA) is 368 Å². The van der Waals surface area contributed by atoms with Crippen LogP contribution in [0.15, 0.2) is 41.9 Å². The second-order valence-corrected chi connectivity index (χ2v) is 16.3. The van der Waals surface area contributed by atoms with Gasteiger partial charge in [-0.05, 0) is 56.8 Å². The molecule has 3 aromatic rings. The average Bonchev–Trinajstić information content (AvgIpc) is 3.89. The molecule has 1 saturated heterocycles. The smallest absolute Gasteiger partial charge is 0.326 e. The predicted octanol–water partition coefficient (Wildman–Crippen LogP) is -3.41. The summed E-state index contributed by atoms with van der Waals surface area (Å²) in [5.74, 6) is -4.83. The summed E-state index contributed by atoms with van der Waals surface area (Å²) in [7, 11) is 6.59. The molecule has 6 amide bonds. The van der Waals surface area contributed by atoms with Gasteiger partial charge in [-0.25, -0.2) is 19.7 Å². The number of aliphatic carboxylic acids is 1. The van der Waals surface area contributed by atoms with E-state index in [1.807, 2.05) is 0 Å². The number of unbranched alkanes of at least 4 members (excludes halogenated alkanes) is 1. The Hall–Kier alpha value is -7.03. The first kappa shape index (κ1) is 54.6. The normalized spacial score (nSPS) is 18.4. The third-order valence-corrected chi connectivity index (χ3v) is 11.1. The summed E-state index contributed by atoms with van der Waals surface area (Å²) in [5.41, 5.74) is 6.54. The van der Waals surface area contributed by atoms with Crippen molar-refractivity contribution in [3.05, 3.63) is 42.5 Å². The van der Waals surface area contributed by atoms with Gasteiger partial charge in [-0.1, -0.05) is 12.1 Å². The molecule has 26 heteroatoms. The van der Waals surface area contributed by atoms with Crippen molar-refractivity contribution >= 4 is 64.7 Å². The highest BCUT2D eigenvalue weighted by Gasteiger charge is 2.46. The van der Waals surface area contributed by atoms with Crippen LogP contribution in [-0.4, -0.2) is 180 Å². The molecule has 378 valence electrons. The first-order chi connectivity index (χ1) is 33.0. The van der Waals surface area contributed by atoms with Crippen LogP contribution in [0.5, 0.6) is 5.75 Å². The molecule has 1 fully saturated rings.